The molecule has 2 atom stereocenters. The van der Waals surface area contributed by atoms with E-state index in [1.807, 2.05) is 23.1 Å². The maximum absolute atomic E-state index is 11.0. The predicted octanol–water partition coefficient (Wildman–Crippen LogP) is 4.33. The quantitative estimate of drug-likeness (QED) is 0.491. The standard InChI is InChI=1S/C19H20BrN5O2.C5H10O/c20-15-10-22-25-18(21-9-13-4-3-7-24(11-13)12-26)8-16(23-19(15)25)14-5-1-2-6-17(14)27;1-5-3-2-4-6-5/h1-2,5-6,8,10,12-13,21,27H,3-4,7,9,11H2;5H,2-4H2,1H3. The van der Waals surface area contributed by atoms with Crippen molar-refractivity contribution >= 4 is 33.8 Å². The van der Waals surface area contributed by atoms with Crippen LogP contribution in [0.1, 0.15) is 32.6 Å². The van der Waals surface area contributed by atoms with Crippen molar-refractivity contribution in [2.75, 3.05) is 31.6 Å². The third kappa shape index (κ3) is 5.83. The summed E-state index contributed by atoms with van der Waals surface area (Å²) in [7, 11) is 0. The number of halogens is 1. The Morgan fingerprint density at radius 3 is 2.85 bits per heavy atom. The van der Waals surface area contributed by atoms with Crippen molar-refractivity contribution in [2.24, 2.45) is 5.92 Å². The number of aromatic nitrogens is 3. The van der Waals surface area contributed by atoms with Gasteiger partial charge in [-0.3, -0.25) is 4.79 Å². The molecular weight excluding hydrogens is 486 g/mol. The average Bonchev–Trinajstić information content (AvgIpc) is 3.47. The number of phenols is 1. The van der Waals surface area contributed by atoms with Gasteiger partial charge >= 0.3 is 0 Å². The molecule has 2 saturated heterocycles. The number of nitrogens with zero attached hydrogens (tertiary/aromatic N) is 4. The highest BCUT2D eigenvalue weighted by atomic mass is 79.9. The zero-order valence-electron chi connectivity index (χ0n) is 18.8. The number of benzene rings is 1. The van der Waals surface area contributed by atoms with Gasteiger partial charge in [0.05, 0.1) is 22.5 Å². The minimum Gasteiger partial charge on any atom is -0.507 e. The number of piperidine rings is 1. The Labute approximate surface area is 202 Å². The lowest BCUT2D eigenvalue weighted by Crippen LogP contribution is -2.37. The van der Waals surface area contributed by atoms with Gasteiger partial charge in [0.2, 0.25) is 6.41 Å². The van der Waals surface area contributed by atoms with Crippen molar-refractivity contribution in [3.05, 3.63) is 41.0 Å². The van der Waals surface area contributed by atoms with Crippen LogP contribution in [-0.4, -0.2) is 63.4 Å². The second-order valence-electron chi connectivity index (χ2n) is 8.58. The maximum atomic E-state index is 11.0. The Kier molecular flexibility index (Phi) is 7.82. The number of phenolic OH excluding ortho intramolecular Hbond substituents is 1. The van der Waals surface area contributed by atoms with Gasteiger partial charge in [-0.2, -0.15) is 9.61 Å². The molecule has 2 unspecified atom stereocenters. The molecule has 2 N–H and O–H groups in total. The zero-order valence-corrected chi connectivity index (χ0v) is 20.4. The highest BCUT2D eigenvalue weighted by Gasteiger charge is 2.20. The molecule has 0 saturated carbocycles. The van der Waals surface area contributed by atoms with E-state index in [1.54, 1.807) is 22.8 Å². The fraction of sp³-hybridized carbons (Fsp3) is 0.458. The first-order valence-corrected chi connectivity index (χ1v) is 12.2. The lowest BCUT2D eigenvalue weighted by Gasteiger charge is -2.30. The number of rotatable bonds is 5. The van der Waals surface area contributed by atoms with Gasteiger partial charge in [0.15, 0.2) is 5.65 Å². The first-order chi connectivity index (χ1) is 16.0. The summed E-state index contributed by atoms with van der Waals surface area (Å²) in [6, 6.07) is 9.03. The minimum absolute atomic E-state index is 0.185. The van der Waals surface area contributed by atoms with Crippen LogP contribution in [-0.2, 0) is 9.53 Å². The Balaban J connectivity index is 0.000000376. The molecule has 8 nitrogen and oxygen atoms in total. The van der Waals surface area contributed by atoms with E-state index in [0.29, 0.717) is 28.9 Å². The highest BCUT2D eigenvalue weighted by molar-refractivity contribution is 9.10. The van der Waals surface area contributed by atoms with Crippen LogP contribution in [0.3, 0.4) is 0 Å². The van der Waals surface area contributed by atoms with Gasteiger partial charge in [-0.25, -0.2) is 4.98 Å². The van der Waals surface area contributed by atoms with E-state index in [0.717, 1.165) is 55.8 Å². The summed E-state index contributed by atoms with van der Waals surface area (Å²) in [6.45, 7) is 5.44. The number of amides is 1. The summed E-state index contributed by atoms with van der Waals surface area (Å²) in [6.07, 6.45) is 7.81. The molecule has 1 amide bonds. The van der Waals surface area contributed by atoms with Crippen LogP contribution in [0.15, 0.2) is 41.0 Å². The van der Waals surface area contributed by atoms with Gasteiger partial charge in [0, 0.05) is 37.9 Å². The number of para-hydroxylation sites is 1. The molecule has 0 bridgehead atoms. The van der Waals surface area contributed by atoms with Gasteiger partial charge in [0.25, 0.3) is 0 Å². The van der Waals surface area contributed by atoms with Crippen molar-refractivity contribution in [1.29, 1.82) is 0 Å². The normalized spacial score (nSPS) is 20.4. The second kappa shape index (κ2) is 11.0. The summed E-state index contributed by atoms with van der Waals surface area (Å²) in [5.41, 5.74) is 2.01. The number of ether oxygens (including phenoxy) is 1. The third-order valence-electron chi connectivity index (χ3n) is 6.04. The first kappa shape index (κ1) is 23.5. The maximum Gasteiger partial charge on any atom is 0.209 e. The van der Waals surface area contributed by atoms with Gasteiger partial charge in [-0.1, -0.05) is 12.1 Å². The molecule has 0 radical (unpaired) electrons. The summed E-state index contributed by atoms with van der Waals surface area (Å²) in [5.74, 6) is 1.37. The smallest absolute Gasteiger partial charge is 0.209 e. The van der Waals surface area contributed by atoms with Gasteiger partial charge < -0.3 is 20.1 Å². The molecule has 1 aromatic carbocycles. The summed E-state index contributed by atoms with van der Waals surface area (Å²) < 4.78 is 7.68. The number of carbonyl (C=O) groups excluding carboxylic acids is 1. The first-order valence-electron chi connectivity index (χ1n) is 11.4. The topological polar surface area (TPSA) is 92.0 Å². The van der Waals surface area contributed by atoms with E-state index in [-0.39, 0.29) is 5.75 Å². The fourth-order valence-electron chi connectivity index (χ4n) is 4.24. The number of nitrogens with one attached hydrogen (secondary N) is 1. The van der Waals surface area contributed by atoms with Crippen molar-refractivity contribution in [3.8, 4) is 17.0 Å². The number of aromatic hydroxyl groups is 1. The Morgan fingerprint density at radius 2 is 2.15 bits per heavy atom. The lowest BCUT2D eigenvalue weighted by molar-refractivity contribution is -0.119. The van der Waals surface area contributed by atoms with Crippen LogP contribution >= 0.6 is 15.9 Å². The van der Waals surface area contributed by atoms with E-state index in [1.165, 1.54) is 12.8 Å². The predicted molar refractivity (Wildman–Crippen MR) is 131 cm³/mol. The molecule has 4 heterocycles. The van der Waals surface area contributed by atoms with E-state index < -0.39 is 0 Å². The van der Waals surface area contributed by atoms with Crippen molar-refractivity contribution in [2.45, 2.75) is 38.7 Å². The molecule has 5 rings (SSSR count). The fourth-order valence-corrected chi connectivity index (χ4v) is 4.59. The number of likely N-dealkylation sites (tertiary alicyclic amines) is 1. The van der Waals surface area contributed by atoms with Crippen LogP contribution in [0.5, 0.6) is 5.75 Å². The van der Waals surface area contributed by atoms with Crippen molar-refractivity contribution in [1.82, 2.24) is 19.5 Å². The summed E-state index contributed by atoms with van der Waals surface area (Å²) in [4.78, 5) is 17.5. The van der Waals surface area contributed by atoms with Gasteiger partial charge in [-0.05, 0) is 66.6 Å². The monoisotopic (exact) mass is 515 g/mol. The SMILES string of the molecule is CC1CCCO1.O=CN1CCCC(CNc2cc(-c3ccccc3O)nc3c(Br)cnn23)C1. The molecule has 0 spiro atoms. The molecule has 3 aromatic rings. The number of hydrogen-bond acceptors (Lipinski definition) is 6. The Morgan fingerprint density at radius 1 is 1.30 bits per heavy atom. The summed E-state index contributed by atoms with van der Waals surface area (Å²) in [5, 5.41) is 18.1. The molecule has 0 aliphatic carbocycles. The van der Waals surface area contributed by atoms with E-state index >= 15 is 0 Å². The van der Waals surface area contributed by atoms with Crippen molar-refractivity contribution in [3.63, 3.8) is 0 Å². The highest BCUT2D eigenvalue weighted by Crippen LogP contribution is 2.31. The Bertz CT molecular complexity index is 1080. The molecule has 176 valence electrons. The van der Waals surface area contributed by atoms with E-state index in [2.05, 4.69) is 38.3 Å². The molecule has 2 aliphatic rings. The van der Waals surface area contributed by atoms with Crippen molar-refractivity contribution < 1.29 is 14.6 Å². The molecule has 2 fully saturated rings. The molecule has 9 heteroatoms. The van der Waals surface area contributed by atoms with Crippen LogP contribution in [0.25, 0.3) is 16.9 Å². The largest absolute Gasteiger partial charge is 0.507 e. The second-order valence-corrected chi connectivity index (χ2v) is 9.44. The average molecular weight is 516 g/mol. The molecule has 2 aromatic heterocycles. The van der Waals surface area contributed by atoms with Crippen LogP contribution in [0.4, 0.5) is 5.82 Å². The number of carbonyl (C=O) groups is 1. The third-order valence-corrected chi connectivity index (χ3v) is 6.60. The van der Waals surface area contributed by atoms with Crippen LogP contribution in [0.2, 0.25) is 0 Å². The van der Waals surface area contributed by atoms with Gasteiger partial charge in [0.1, 0.15) is 11.6 Å². The summed E-state index contributed by atoms with van der Waals surface area (Å²) >= 11 is 3.49. The molecular formula is C24H30BrN5O3. The molecule has 33 heavy (non-hydrogen) atoms. The Hall–Kier alpha value is -2.65. The van der Waals surface area contributed by atoms with Crippen LogP contribution in [0, 0.1) is 5.92 Å². The number of hydrogen-bond donors (Lipinski definition) is 2. The number of fused-ring (bicyclic) bond motifs is 1. The van der Waals surface area contributed by atoms with Crippen LogP contribution < -0.4 is 5.32 Å². The molecule has 2 aliphatic heterocycles. The van der Waals surface area contributed by atoms with E-state index in [9.17, 15) is 9.90 Å². The van der Waals surface area contributed by atoms with E-state index in [4.69, 9.17) is 4.74 Å². The van der Waals surface area contributed by atoms with Gasteiger partial charge in [-0.15, -0.1) is 0 Å². The zero-order chi connectivity index (χ0) is 23.2. The lowest BCUT2D eigenvalue weighted by atomic mass is 9.98. The number of anilines is 1. The minimum atomic E-state index is 0.185.